The molecule has 0 unspecified atom stereocenters. The average molecular weight is 399 g/mol. The molecule has 0 atom stereocenters. The first-order valence-electron chi connectivity index (χ1n) is 12.8. The molecule has 0 amide bonds. The van der Waals surface area contributed by atoms with Gasteiger partial charge in [-0.3, -0.25) is 0 Å². The van der Waals surface area contributed by atoms with Crippen LogP contribution in [0.25, 0.3) is 0 Å². The van der Waals surface area contributed by atoms with E-state index in [-0.39, 0.29) is 6.29 Å². The average Bonchev–Trinajstić information content (AvgIpc) is 2.64. The molecule has 0 bridgehead atoms. The molecule has 0 spiro atoms. The van der Waals surface area contributed by atoms with E-state index in [9.17, 15) is 0 Å². The first-order chi connectivity index (χ1) is 13.6. The van der Waals surface area contributed by atoms with Gasteiger partial charge >= 0.3 is 0 Å². The standard InChI is InChI=1S/C26H54O2/c1-6-7-8-9-10-11-12-13-14-15-16-17-18-19-26(27-22-20-24(2)3)28-23-21-25(4)5/h24-26H,6-23H2,1-5H3. The van der Waals surface area contributed by atoms with Crippen molar-refractivity contribution in [3.05, 3.63) is 0 Å². The molecular weight excluding hydrogens is 344 g/mol. The van der Waals surface area contributed by atoms with Crippen LogP contribution in [0, 0.1) is 11.8 Å². The lowest BCUT2D eigenvalue weighted by atomic mass is 10.0. The Labute approximate surface area is 178 Å². The van der Waals surface area contributed by atoms with Crippen LogP contribution in [0.2, 0.25) is 0 Å². The van der Waals surface area contributed by atoms with Crippen LogP contribution < -0.4 is 0 Å². The van der Waals surface area contributed by atoms with E-state index in [1.807, 2.05) is 0 Å². The van der Waals surface area contributed by atoms with Crippen molar-refractivity contribution in [2.24, 2.45) is 11.8 Å². The van der Waals surface area contributed by atoms with Gasteiger partial charge in [0.25, 0.3) is 0 Å². The van der Waals surface area contributed by atoms with Crippen LogP contribution in [0.3, 0.4) is 0 Å². The summed E-state index contributed by atoms with van der Waals surface area (Å²) in [5.41, 5.74) is 0. The Hall–Kier alpha value is -0.0800. The molecule has 0 saturated carbocycles. The van der Waals surface area contributed by atoms with Gasteiger partial charge in [-0.15, -0.1) is 0 Å². The fourth-order valence-corrected chi connectivity index (χ4v) is 3.41. The molecule has 0 radical (unpaired) electrons. The molecule has 0 aliphatic rings. The monoisotopic (exact) mass is 398 g/mol. The molecule has 0 heterocycles. The molecule has 0 N–H and O–H groups in total. The summed E-state index contributed by atoms with van der Waals surface area (Å²) in [6, 6.07) is 0. The van der Waals surface area contributed by atoms with Gasteiger partial charge in [0.1, 0.15) is 0 Å². The van der Waals surface area contributed by atoms with Crippen LogP contribution in [0.1, 0.15) is 137 Å². The molecule has 2 nitrogen and oxygen atoms in total. The fourth-order valence-electron chi connectivity index (χ4n) is 3.41. The summed E-state index contributed by atoms with van der Waals surface area (Å²) >= 11 is 0. The lowest BCUT2D eigenvalue weighted by molar-refractivity contribution is -0.150. The van der Waals surface area contributed by atoms with Gasteiger partial charge in [0, 0.05) is 13.2 Å². The van der Waals surface area contributed by atoms with Crippen molar-refractivity contribution in [3.8, 4) is 0 Å². The van der Waals surface area contributed by atoms with Crippen molar-refractivity contribution in [1.82, 2.24) is 0 Å². The van der Waals surface area contributed by atoms with E-state index in [1.165, 1.54) is 83.5 Å². The highest BCUT2D eigenvalue weighted by molar-refractivity contribution is 4.53. The van der Waals surface area contributed by atoms with Crippen LogP contribution in [0.5, 0.6) is 0 Å². The van der Waals surface area contributed by atoms with E-state index in [0.717, 1.165) is 32.5 Å². The number of ether oxygens (including phenoxy) is 2. The highest BCUT2D eigenvalue weighted by atomic mass is 16.7. The molecule has 0 saturated heterocycles. The Kier molecular flexibility index (Phi) is 21.6. The zero-order valence-corrected chi connectivity index (χ0v) is 20.3. The Balaban J connectivity index is 3.57. The van der Waals surface area contributed by atoms with E-state index >= 15 is 0 Å². The third-order valence-electron chi connectivity index (χ3n) is 5.54. The third kappa shape index (κ3) is 22.2. The lowest BCUT2D eigenvalue weighted by Crippen LogP contribution is -2.20. The van der Waals surface area contributed by atoms with Crippen molar-refractivity contribution < 1.29 is 9.47 Å². The van der Waals surface area contributed by atoms with Crippen molar-refractivity contribution >= 4 is 0 Å². The Bertz CT molecular complexity index is 274. The molecule has 2 heteroatoms. The zero-order valence-electron chi connectivity index (χ0n) is 20.3. The quantitative estimate of drug-likeness (QED) is 0.134. The normalized spacial score (nSPS) is 12.0. The summed E-state index contributed by atoms with van der Waals surface area (Å²) in [6.45, 7) is 13.0. The predicted octanol–water partition coefficient (Wildman–Crippen LogP) is 8.92. The maximum absolute atomic E-state index is 6.02. The molecule has 0 aromatic heterocycles. The molecule has 170 valence electrons. The summed E-state index contributed by atoms with van der Waals surface area (Å²) in [7, 11) is 0. The zero-order chi connectivity index (χ0) is 20.9. The van der Waals surface area contributed by atoms with Crippen molar-refractivity contribution in [3.63, 3.8) is 0 Å². The molecule has 0 aliphatic heterocycles. The second-order valence-corrected chi connectivity index (χ2v) is 9.57. The molecule has 0 rings (SSSR count). The minimum atomic E-state index is 0.0187. The van der Waals surface area contributed by atoms with E-state index in [4.69, 9.17) is 9.47 Å². The highest BCUT2D eigenvalue weighted by Crippen LogP contribution is 2.15. The second-order valence-electron chi connectivity index (χ2n) is 9.57. The van der Waals surface area contributed by atoms with Gasteiger partial charge in [0.15, 0.2) is 6.29 Å². The summed E-state index contributed by atoms with van der Waals surface area (Å²) in [5, 5.41) is 0. The van der Waals surface area contributed by atoms with E-state index < -0.39 is 0 Å². The topological polar surface area (TPSA) is 18.5 Å². The Morgan fingerprint density at radius 2 is 0.821 bits per heavy atom. The second kappa shape index (κ2) is 21.6. The van der Waals surface area contributed by atoms with Crippen molar-refractivity contribution in [2.75, 3.05) is 13.2 Å². The third-order valence-corrected chi connectivity index (χ3v) is 5.54. The van der Waals surface area contributed by atoms with Gasteiger partial charge in [-0.2, -0.15) is 0 Å². The number of hydrogen-bond donors (Lipinski definition) is 0. The van der Waals surface area contributed by atoms with Crippen LogP contribution in [0.4, 0.5) is 0 Å². The first kappa shape index (κ1) is 27.9. The number of hydrogen-bond acceptors (Lipinski definition) is 2. The highest BCUT2D eigenvalue weighted by Gasteiger charge is 2.10. The van der Waals surface area contributed by atoms with Crippen LogP contribution in [-0.4, -0.2) is 19.5 Å². The van der Waals surface area contributed by atoms with Crippen LogP contribution >= 0.6 is 0 Å². The summed E-state index contributed by atoms with van der Waals surface area (Å²) in [6.07, 6.45) is 21.6. The predicted molar refractivity (Wildman–Crippen MR) is 125 cm³/mol. The molecule has 0 fully saturated rings. The maximum atomic E-state index is 6.02. The number of rotatable bonds is 22. The van der Waals surface area contributed by atoms with Gasteiger partial charge in [0.05, 0.1) is 0 Å². The van der Waals surface area contributed by atoms with E-state index in [2.05, 4.69) is 34.6 Å². The van der Waals surface area contributed by atoms with E-state index in [1.54, 1.807) is 0 Å². The lowest BCUT2D eigenvalue weighted by Gasteiger charge is -2.20. The minimum Gasteiger partial charge on any atom is -0.353 e. The van der Waals surface area contributed by atoms with Gasteiger partial charge in [0.2, 0.25) is 0 Å². The molecule has 28 heavy (non-hydrogen) atoms. The Morgan fingerprint density at radius 3 is 1.18 bits per heavy atom. The van der Waals surface area contributed by atoms with Crippen LogP contribution in [-0.2, 0) is 9.47 Å². The molecule has 0 aromatic rings. The summed E-state index contributed by atoms with van der Waals surface area (Å²) in [4.78, 5) is 0. The van der Waals surface area contributed by atoms with Gasteiger partial charge < -0.3 is 9.47 Å². The molecule has 0 aliphatic carbocycles. The van der Waals surface area contributed by atoms with Gasteiger partial charge in [-0.1, -0.05) is 112 Å². The number of unbranched alkanes of at least 4 members (excludes halogenated alkanes) is 12. The van der Waals surface area contributed by atoms with Gasteiger partial charge in [-0.05, 0) is 37.5 Å². The SMILES string of the molecule is CCCCCCCCCCCCCCCC(OCCC(C)C)OCCC(C)C. The minimum absolute atomic E-state index is 0.0187. The smallest absolute Gasteiger partial charge is 0.157 e. The van der Waals surface area contributed by atoms with E-state index in [0.29, 0.717) is 11.8 Å². The van der Waals surface area contributed by atoms with Crippen molar-refractivity contribution in [2.45, 2.75) is 144 Å². The largest absolute Gasteiger partial charge is 0.353 e. The maximum Gasteiger partial charge on any atom is 0.157 e. The Morgan fingerprint density at radius 1 is 0.464 bits per heavy atom. The molecular formula is C26H54O2. The summed E-state index contributed by atoms with van der Waals surface area (Å²) < 4.78 is 12.0. The fraction of sp³-hybridized carbons (Fsp3) is 1.00. The summed E-state index contributed by atoms with van der Waals surface area (Å²) in [5.74, 6) is 1.40. The van der Waals surface area contributed by atoms with Gasteiger partial charge in [-0.25, -0.2) is 0 Å². The van der Waals surface area contributed by atoms with Crippen molar-refractivity contribution in [1.29, 1.82) is 0 Å². The first-order valence-corrected chi connectivity index (χ1v) is 12.8. The molecule has 0 aromatic carbocycles. The van der Waals surface area contributed by atoms with Crippen LogP contribution in [0.15, 0.2) is 0 Å².